The van der Waals surface area contributed by atoms with E-state index in [2.05, 4.69) is 21.2 Å². The van der Waals surface area contributed by atoms with Crippen LogP contribution in [0.15, 0.2) is 28.7 Å². The Balaban J connectivity index is 2.27. The summed E-state index contributed by atoms with van der Waals surface area (Å²) in [5, 5.41) is 11.3. The second kappa shape index (κ2) is 9.33. The van der Waals surface area contributed by atoms with E-state index in [4.69, 9.17) is 14.7 Å². The van der Waals surface area contributed by atoms with Crippen LogP contribution in [0.2, 0.25) is 0 Å². The number of amides is 1. The maximum atomic E-state index is 13.9. The lowest BCUT2D eigenvalue weighted by Crippen LogP contribution is -2.17. The lowest BCUT2D eigenvalue weighted by atomic mass is 10.1. The molecule has 0 aliphatic carbocycles. The Hall–Kier alpha value is -2.66. The monoisotopic (exact) mass is 438 g/mol. The minimum atomic E-state index is -1.27. The van der Waals surface area contributed by atoms with E-state index in [1.807, 2.05) is 13.8 Å². The number of anilines is 1. The van der Waals surface area contributed by atoms with Gasteiger partial charge in [0.15, 0.2) is 23.1 Å². The van der Waals surface area contributed by atoms with Crippen molar-refractivity contribution in [3.05, 3.63) is 51.5 Å². The van der Waals surface area contributed by atoms with E-state index in [9.17, 15) is 13.6 Å². The highest BCUT2D eigenvalue weighted by Crippen LogP contribution is 2.34. The molecule has 8 heteroatoms. The van der Waals surface area contributed by atoms with Gasteiger partial charge in [-0.15, -0.1) is 0 Å². The van der Waals surface area contributed by atoms with Crippen molar-refractivity contribution in [2.45, 2.75) is 20.3 Å². The molecule has 0 saturated carbocycles. The average Bonchev–Trinajstić information content (AvgIpc) is 2.63. The molecule has 0 aliphatic heterocycles. The minimum Gasteiger partial charge on any atom is -0.490 e. The summed E-state index contributed by atoms with van der Waals surface area (Å²) in [4.78, 5) is 12.3. The van der Waals surface area contributed by atoms with Crippen molar-refractivity contribution >= 4 is 27.5 Å². The van der Waals surface area contributed by atoms with Crippen LogP contribution in [-0.4, -0.2) is 19.1 Å². The number of benzene rings is 2. The van der Waals surface area contributed by atoms with Crippen molar-refractivity contribution in [1.82, 2.24) is 0 Å². The van der Waals surface area contributed by atoms with Crippen LogP contribution in [0.5, 0.6) is 11.5 Å². The highest BCUT2D eigenvalue weighted by molar-refractivity contribution is 9.10. The Labute approximate surface area is 164 Å². The van der Waals surface area contributed by atoms with Crippen LogP contribution in [0.3, 0.4) is 0 Å². The van der Waals surface area contributed by atoms with E-state index in [0.717, 1.165) is 12.1 Å². The molecule has 0 fully saturated rings. The number of nitriles is 1. The summed E-state index contributed by atoms with van der Waals surface area (Å²) in [6.45, 7) is 4.51. The lowest BCUT2D eigenvalue weighted by Gasteiger charge is -2.14. The van der Waals surface area contributed by atoms with Crippen molar-refractivity contribution in [2.24, 2.45) is 0 Å². The van der Waals surface area contributed by atoms with Crippen LogP contribution in [0, 0.1) is 23.0 Å². The van der Waals surface area contributed by atoms with Crippen LogP contribution in [-0.2, 0) is 11.2 Å². The third-order valence-electron chi connectivity index (χ3n) is 3.54. The van der Waals surface area contributed by atoms with Gasteiger partial charge in [0.05, 0.1) is 30.9 Å². The zero-order chi connectivity index (χ0) is 20.0. The normalized spacial score (nSPS) is 10.2. The molecule has 5 nitrogen and oxygen atoms in total. The second-order valence-corrected chi connectivity index (χ2v) is 6.23. The fourth-order valence-electron chi connectivity index (χ4n) is 2.37. The molecular weight excluding hydrogens is 422 g/mol. The molecule has 0 saturated heterocycles. The number of nitrogens with zero attached hydrogens (tertiary/aromatic N) is 1. The largest absolute Gasteiger partial charge is 0.490 e. The topological polar surface area (TPSA) is 71.3 Å². The molecule has 27 heavy (non-hydrogen) atoms. The van der Waals surface area contributed by atoms with Gasteiger partial charge in [-0.05, 0) is 43.7 Å². The van der Waals surface area contributed by atoms with Crippen LogP contribution in [0.4, 0.5) is 14.5 Å². The van der Waals surface area contributed by atoms with Crippen LogP contribution >= 0.6 is 15.9 Å². The number of ether oxygens (including phenoxy) is 2. The molecule has 2 rings (SSSR count). The Morgan fingerprint density at radius 3 is 2.41 bits per heavy atom. The van der Waals surface area contributed by atoms with Gasteiger partial charge >= 0.3 is 0 Å². The molecular formula is C19H17BrF2N2O3. The van der Waals surface area contributed by atoms with E-state index < -0.39 is 23.2 Å². The molecule has 2 aromatic carbocycles. The molecule has 0 heterocycles. The summed E-state index contributed by atoms with van der Waals surface area (Å²) in [6.07, 6.45) is -0.145. The quantitative estimate of drug-likeness (QED) is 0.686. The van der Waals surface area contributed by atoms with E-state index >= 15 is 0 Å². The number of hydrogen-bond donors (Lipinski definition) is 1. The molecule has 0 atom stereocenters. The first-order valence-electron chi connectivity index (χ1n) is 8.17. The second-order valence-electron chi connectivity index (χ2n) is 5.38. The van der Waals surface area contributed by atoms with E-state index in [1.165, 1.54) is 0 Å². The molecule has 1 amide bonds. The standard InChI is InChI=1S/C19H17BrF2N2O3/c1-3-26-15-7-12(13(20)9-16(15)27-4-2)8-17(25)24-19-11(10-23)5-6-14(21)18(19)22/h5-7,9H,3-4,8H2,1-2H3,(H,24,25). The Morgan fingerprint density at radius 2 is 1.81 bits per heavy atom. The van der Waals surface area contributed by atoms with Crippen molar-refractivity contribution < 1.29 is 23.0 Å². The van der Waals surface area contributed by atoms with Gasteiger partial charge in [0.1, 0.15) is 6.07 Å². The third kappa shape index (κ3) is 4.95. The van der Waals surface area contributed by atoms with Gasteiger partial charge in [0.2, 0.25) is 5.91 Å². The van der Waals surface area contributed by atoms with Gasteiger partial charge in [-0.1, -0.05) is 15.9 Å². The SMILES string of the molecule is CCOc1cc(Br)c(CC(=O)Nc2c(C#N)ccc(F)c2F)cc1OCC. The van der Waals surface area contributed by atoms with Crippen molar-refractivity contribution in [3.63, 3.8) is 0 Å². The molecule has 2 aromatic rings. The number of carbonyl (C=O) groups excluding carboxylic acids is 1. The van der Waals surface area contributed by atoms with Gasteiger partial charge in [-0.2, -0.15) is 5.26 Å². The van der Waals surface area contributed by atoms with Crippen molar-refractivity contribution in [1.29, 1.82) is 5.26 Å². The van der Waals surface area contributed by atoms with Crippen LogP contribution < -0.4 is 14.8 Å². The molecule has 142 valence electrons. The molecule has 0 radical (unpaired) electrons. The van der Waals surface area contributed by atoms with E-state index in [0.29, 0.717) is 34.7 Å². The highest BCUT2D eigenvalue weighted by atomic mass is 79.9. The first kappa shape index (κ1) is 20.6. The smallest absolute Gasteiger partial charge is 0.228 e. The predicted molar refractivity (Wildman–Crippen MR) is 99.9 cm³/mol. The fourth-order valence-corrected chi connectivity index (χ4v) is 2.83. The number of nitrogens with one attached hydrogen (secondary N) is 1. The number of hydrogen-bond acceptors (Lipinski definition) is 4. The summed E-state index contributed by atoms with van der Waals surface area (Å²) in [6, 6.07) is 6.99. The van der Waals surface area contributed by atoms with Crippen LogP contribution in [0.1, 0.15) is 25.0 Å². The van der Waals surface area contributed by atoms with Crippen LogP contribution in [0.25, 0.3) is 0 Å². The Kier molecular flexibility index (Phi) is 7.13. The van der Waals surface area contributed by atoms with Crippen molar-refractivity contribution in [3.8, 4) is 17.6 Å². The Bertz CT molecular complexity index is 897. The maximum Gasteiger partial charge on any atom is 0.228 e. The molecule has 0 aromatic heterocycles. The number of rotatable bonds is 7. The first-order chi connectivity index (χ1) is 12.9. The van der Waals surface area contributed by atoms with Gasteiger partial charge in [-0.25, -0.2) is 8.78 Å². The lowest BCUT2D eigenvalue weighted by molar-refractivity contribution is -0.115. The maximum absolute atomic E-state index is 13.9. The zero-order valence-corrected chi connectivity index (χ0v) is 16.3. The van der Waals surface area contributed by atoms with E-state index in [-0.39, 0.29) is 12.0 Å². The summed E-state index contributed by atoms with van der Waals surface area (Å²) in [5.41, 5.74) is -0.0765. The summed E-state index contributed by atoms with van der Waals surface area (Å²) >= 11 is 3.37. The molecule has 0 bridgehead atoms. The molecule has 0 spiro atoms. The fraction of sp³-hybridized carbons (Fsp3) is 0.263. The van der Waals surface area contributed by atoms with Gasteiger partial charge in [0.25, 0.3) is 0 Å². The average molecular weight is 439 g/mol. The predicted octanol–water partition coefficient (Wildman–Crippen LogP) is 4.58. The molecule has 0 aliphatic rings. The summed E-state index contributed by atoms with van der Waals surface area (Å²) < 4.78 is 39.0. The van der Waals surface area contributed by atoms with Gasteiger partial charge < -0.3 is 14.8 Å². The highest BCUT2D eigenvalue weighted by Gasteiger charge is 2.18. The number of carbonyl (C=O) groups is 1. The first-order valence-corrected chi connectivity index (χ1v) is 8.96. The van der Waals surface area contributed by atoms with Gasteiger partial charge in [-0.3, -0.25) is 4.79 Å². The van der Waals surface area contributed by atoms with E-state index in [1.54, 1.807) is 18.2 Å². The third-order valence-corrected chi connectivity index (χ3v) is 4.28. The molecule has 0 unspecified atom stereocenters. The Morgan fingerprint density at radius 1 is 1.19 bits per heavy atom. The van der Waals surface area contributed by atoms with Crippen molar-refractivity contribution in [2.75, 3.05) is 18.5 Å². The van der Waals surface area contributed by atoms with Gasteiger partial charge in [0, 0.05) is 4.47 Å². The number of halogens is 3. The summed E-state index contributed by atoms with van der Waals surface area (Å²) in [7, 11) is 0. The summed E-state index contributed by atoms with van der Waals surface area (Å²) in [5.74, 6) is -2.03. The minimum absolute atomic E-state index is 0.145. The zero-order valence-electron chi connectivity index (χ0n) is 14.7. The molecule has 1 N–H and O–H groups in total.